The van der Waals surface area contributed by atoms with Gasteiger partial charge in [-0.05, 0) is 54.5 Å². The molecule has 0 atom stereocenters. The Kier molecular flexibility index (Phi) is 9.21. The van der Waals surface area contributed by atoms with Gasteiger partial charge in [-0.15, -0.1) is 0 Å². The van der Waals surface area contributed by atoms with Gasteiger partial charge in [-0.1, -0.05) is 54.4 Å². The van der Waals surface area contributed by atoms with E-state index in [-0.39, 0.29) is 32.8 Å². The van der Waals surface area contributed by atoms with E-state index in [1.807, 2.05) is 6.92 Å². The van der Waals surface area contributed by atoms with Crippen LogP contribution >= 0.6 is 23.2 Å². The molecule has 214 valence electrons. The van der Waals surface area contributed by atoms with Crippen LogP contribution in [0.25, 0.3) is 6.08 Å². The number of ether oxygens (including phenoxy) is 2. The molecule has 1 aliphatic heterocycles. The Hall–Kier alpha value is -4.06. The van der Waals surface area contributed by atoms with Crippen molar-refractivity contribution in [2.24, 2.45) is 0 Å². The van der Waals surface area contributed by atoms with Crippen LogP contribution in [0.4, 0.5) is 4.79 Å². The van der Waals surface area contributed by atoms with Gasteiger partial charge in [-0.25, -0.2) is 4.79 Å². The maximum Gasteiger partial charge on any atom is 0.339 e. The Morgan fingerprint density at radius 3 is 2.39 bits per heavy atom. The molecule has 0 bridgehead atoms. The van der Waals surface area contributed by atoms with Crippen molar-refractivity contribution in [2.45, 2.75) is 24.8 Å². The molecule has 4 rings (SSSR count). The third-order valence-corrected chi connectivity index (χ3v) is 7.51. The topological polar surface area (TPSA) is 128 Å². The number of nitrogens with one attached hydrogen (secondary N) is 1. The minimum absolute atomic E-state index is 0.0751. The molecule has 1 heterocycles. The zero-order chi connectivity index (χ0) is 29.7. The van der Waals surface area contributed by atoms with Crippen LogP contribution in [0.5, 0.6) is 17.2 Å². The van der Waals surface area contributed by atoms with Crippen LogP contribution in [0.1, 0.15) is 24.5 Å². The minimum Gasteiger partial charge on any atom is -0.493 e. The molecule has 3 aromatic carbocycles. The number of carbonyl (C=O) groups is 3. The number of halogens is 2. The molecule has 0 saturated carbocycles. The first-order valence-electron chi connectivity index (χ1n) is 12.2. The normalized spacial score (nSPS) is 14.7. The van der Waals surface area contributed by atoms with Crippen molar-refractivity contribution in [3.63, 3.8) is 0 Å². The van der Waals surface area contributed by atoms with E-state index in [1.54, 1.807) is 24.3 Å². The predicted molar refractivity (Wildman–Crippen MR) is 152 cm³/mol. The van der Waals surface area contributed by atoms with Gasteiger partial charge in [0, 0.05) is 10.6 Å². The first kappa shape index (κ1) is 29.9. The Bertz CT molecular complexity index is 1640. The van der Waals surface area contributed by atoms with Crippen LogP contribution in [0.3, 0.4) is 0 Å². The van der Waals surface area contributed by atoms with Crippen molar-refractivity contribution in [2.75, 3.05) is 13.7 Å². The van der Waals surface area contributed by atoms with E-state index in [0.29, 0.717) is 23.7 Å². The zero-order valence-corrected chi connectivity index (χ0v) is 24.2. The molecule has 4 amide bonds. The van der Waals surface area contributed by atoms with Crippen molar-refractivity contribution in [3.05, 3.63) is 87.4 Å². The summed E-state index contributed by atoms with van der Waals surface area (Å²) in [5.41, 5.74) is -0.0275. The second-order valence-corrected chi connectivity index (χ2v) is 11.1. The van der Waals surface area contributed by atoms with Crippen molar-refractivity contribution in [1.82, 2.24) is 10.2 Å². The smallest absolute Gasteiger partial charge is 0.339 e. The average molecular weight is 619 g/mol. The molecule has 0 spiro atoms. The Balaban J connectivity index is 1.68. The average Bonchev–Trinajstić information content (AvgIpc) is 2.94. The highest BCUT2D eigenvalue weighted by Crippen LogP contribution is 2.36. The summed E-state index contributed by atoms with van der Waals surface area (Å²) in [4.78, 5) is 39.5. The van der Waals surface area contributed by atoms with Crippen LogP contribution in [-0.2, 0) is 26.3 Å². The number of carbonyl (C=O) groups excluding carboxylic acids is 3. The number of methoxy groups -OCH3 is 1. The number of imide groups is 2. The lowest BCUT2D eigenvalue weighted by Crippen LogP contribution is -2.53. The van der Waals surface area contributed by atoms with Crippen LogP contribution < -0.4 is 19.0 Å². The summed E-state index contributed by atoms with van der Waals surface area (Å²) in [6.45, 7) is 2.23. The zero-order valence-electron chi connectivity index (χ0n) is 21.8. The molecular weight excluding hydrogens is 595 g/mol. The number of nitrogens with zero attached hydrogens (tertiary/aromatic N) is 1. The molecule has 0 aromatic heterocycles. The fraction of sp³-hybridized carbons (Fsp3) is 0.179. The van der Waals surface area contributed by atoms with E-state index in [2.05, 4.69) is 5.32 Å². The summed E-state index contributed by atoms with van der Waals surface area (Å²) in [5.74, 6) is -1.38. The second-order valence-electron chi connectivity index (χ2n) is 8.70. The lowest BCUT2D eigenvalue weighted by atomic mass is 10.1. The lowest BCUT2D eigenvalue weighted by Gasteiger charge is -2.26. The molecular formula is C28H24Cl2N2O8S. The van der Waals surface area contributed by atoms with Gasteiger partial charge in [0.1, 0.15) is 10.5 Å². The second kappa shape index (κ2) is 12.6. The van der Waals surface area contributed by atoms with Crippen molar-refractivity contribution in [3.8, 4) is 17.2 Å². The van der Waals surface area contributed by atoms with E-state index < -0.39 is 33.5 Å². The van der Waals surface area contributed by atoms with E-state index in [4.69, 9.17) is 36.9 Å². The van der Waals surface area contributed by atoms with Gasteiger partial charge in [0.05, 0.1) is 25.3 Å². The number of urea groups is 1. The number of barbiturate groups is 1. The summed E-state index contributed by atoms with van der Waals surface area (Å²) in [6, 6.07) is 13.8. The molecule has 10 nitrogen and oxygen atoms in total. The number of amides is 4. The highest BCUT2D eigenvalue weighted by atomic mass is 35.5. The van der Waals surface area contributed by atoms with Crippen molar-refractivity contribution >= 4 is 57.2 Å². The molecule has 1 saturated heterocycles. The molecule has 1 N–H and O–H groups in total. The number of benzene rings is 3. The first-order valence-corrected chi connectivity index (χ1v) is 14.4. The molecule has 1 fully saturated rings. The summed E-state index contributed by atoms with van der Waals surface area (Å²) in [6.07, 6.45) is 1.85. The van der Waals surface area contributed by atoms with Gasteiger partial charge in [-0.3, -0.25) is 19.8 Å². The molecule has 1 aliphatic rings. The first-order chi connectivity index (χ1) is 19.5. The van der Waals surface area contributed by atoms with Crippen LogP contribution in [-0.4, -0.2) is 44.9 Å². The molecule has 0 radical (unpaired) electrons. The number of rotatable bonds is 10. The van der Waals surface area contributed by atoms with Gasteiger partial charge in [-0.2, -0.15) is 8.42 Å². The van der Waals surface area contributed by atoms with E-state index in [0.717, 1.165) is 17.4 Å². The summed E-state index contributed by atoms with van der Waals surface area (Å²) < 4.78 is 42.1. The molecule has 41 heavy (non-hydrogen) atoms. The van der Waals surface area contributed by atoms with E-state index in [9.17, 15) is 22.8 Å². The standard InChI is InChI=1S/C28H24Cl2N2O8S/c1-3-11-39-23-10-9-17(12-24(23)38-2)16-32-27(34)21(26(33)31-28(32)35)14-18-13-19(29)15-22(30)25(18)40-41(36,37)20-7-5-4-6-8-20/h4-10,12-15H,3,11,16H2,1-2H3,(H,31,33,35)/b21-14+. The van der Waals surface area contributed by atoms with Gasteiger partial charge in [0.25, 0.3) is 11.8 Å². The predicted octanol–water partition coefficient (Wildman–Crippen LogP) is 5.22. The largest absolute Gasteiger partial charge is 0.493 e. The number of hydrogen-bond donors (Lipinski definition) is 1. The highest BCUT2D eigenvalue weighted by Gasteiger charge is 2.36. The van der Waals surface area contributed by atoms with Crippen LogP contribution in [0.2, 0.25) is 10.0 Å². The lowest BCUT2D eigenvalue weighted by molar-refractivity contribution is -0.130. The Morgan fingerprint density at radius 1 is 0.976 bits per heavy atom. The maximum absolute atomic E-state index is 13.4. The van der Waals surface area contributed by atoms with Gasteiger partial charge in [0.2, 0.25) is 0 Å². The summed E-state index contributed by atoms with van der Waals surface area (Å²) in [5, 5.41) is 2.02. The van der Waals surface area contributed by atoms with E-state index in [1.165, 1.54) is 43.5 Å². The third kappa shape index (κ3) is 6.82. The van der Waals surface area contributed by atoms with Crippen LogP contribution in [0.15, 0.2) is 71.1 Å². The summed E-state index contributed by atoms with van der Waals surface area (Å²) in [7, 11) is -2.88. The fourth-order valence-electron chi connectivity index (χ4n) is 3.84. The van der Waals surface area contributed by atoms with Crippen molar-refractivity contribution in [1.29, 1.82) is 0 Å². The Morgan fingerprint density at radius 2 is 1.71 bits per heavy atom. The van der Waals surface area contributed by atoms with Crippen LogP contribution in [0, 0.1) is 0 Å². The van der Waals surface area contributed by atoms with Gasteiger partial charge in [0.15, 0.2) is 17.2 Å². The van der Waals surface area contributed by atoms with Gasteiger partial charge < -0.3 is 13.7 Å². The summed E-state index contributed by atoms with van der Waals surface area (Å²) >= 11 is 12.4. The molecule has 3 aromatic rings. The fourth-order valence-corrected chi connectivity index (χ4v) is 5.42. The monoisotopic (exact) mass is 618 g/mol. The molecule has 13 heteroatoms. The SMILES string of the molecule is CCCOc1ccc(CN2C(=O)NC(=O)/C(=C\c3cc(Cl)cc(Cl)c3OS(=O)(=O)c3ccccc3)C2=O)cc1OC. The highest BCUT2D eigenvalue weighted by molar-refractivity contribution is 7.87. The third-order valence-electron chi connectivity index (χ3n) is 5.78. The number of hydrogen-bond acceptors (Lipinski definition) is 8. The maximum atomic E-state index is 13.4. The minimum atomic E-state index is -4.34. The quantitative estimate of drug-likeness (QED) is 0.186. The van der Waals surface area contributed by atoms with Crippen molar-refractivity contribution < 1.29 is 36.5 Å². The molecule has 0 aliphatic carbocycles. The van der Waals surface area contributed by atoms with Gasteiger partial charge >= 0.3 is 16.1 Å². The van der Waals surface area contributed by atoms with E-state index >= 15 is 0 Å². The molecule has 0 unspecified atom stereocenters. The Labute approximate surface area is 246 Å².